The number of nitrogens with one attached hydrogen (secondary N) is 1. The second kappa shape index (κ2) is 8.66. The van der Waals surface area contributed by atoms with Gasteiger partial charge in [-0.3, -0.25) is 9.88 Å². The number of hydrogen-bond donors (Lipinski definition) is 2. The van der Waals surface area contributed by atoms with E-state index in [2.05, 4.69) is 52.5 Å². The largest absolute Gasteiger partial charge is 0.371 e. The van der Waals surface area contributed by atoms with Gasteiger partial charge < -0.3 is 16.0 Å². The van der Waals surface area contributed by atoms with Crippen LogP contribution in [0, 0.1) is 0 Å². The van der Waals surface area contributed by atoms with Gasteiger partial charge in [0.15, 0.2) is 0 Å². The highest BCUT2D eigenvalue weighted by molar-refractivity contribution is 5.58. The molecule has 2 atom stereocenters. The van der Waals surface area contributed by atoms with Gasteiger partial charge in [-0.2, -0.15) is 0 Å². The van der Waals surface area contributed by atoms with Crippen molar-refractivity contribution in [1.29, 1.82) is 0 Å². The fourth-order valence-electron chi connectivity index (χ4n) is 5.65. The van der Waals surface area contributed by atoms with Crippen molar-refractivity contribution < 1.29 is 0 Å². The highest BCUT2D eigenvalue weighted by Gasteiger charge is 2.29. The summed E-state index contributed by atoms with van der Waals surface area (Å²) < 4.78 is 0. The van der Waals surface area contributed by atoms with Crippen LogP contribution in [0.4, 0.5) is 5.69 Å². The number of pyridine rings is 1. The third-order valence-electron chi connectivity index (χ3n) is 7.37. The lowest BCUT2D eigenvalue weighted by Gasteiger charge is -2.38. The summed E-state index contributed by atoms with van der Waals surface area (Å²) in [5, 5.41) is 3.81. The fourth-order valence-corrected chi connectivity index (χ4v) is 5.65. The first kappa shape index (κ1) is 20.0. The van der Waals surface area contributed by atoms with Crippen LogP contribution in [0.2, 0.25) is 0 Å². The van der Waals surface area contributed by atoms with E-state index in [-0.39, 0.29) is 0 Å². The lowest BCUT2D eigenvalue weighted by atomic mass is 9.89. The van der Waals surface area contributed by atoms with E-state index in [4.69, 9.17) is 10.7 Å². The first-order valence-corrected chi connectivity index (χ1v) is 11.7. The molecule has 160 valence electrons. The Morgan fingerprint density at radius 2 is 1.97 bits per heavy atom. The van der Waals surface area contributed by atoms with Crippen molar-refractivity contribution in [3.05, 3.63) is 58.9 Å². The molecule has 1 unspecified atom stereocenters. The summed E-state index contributed by atoms with van der Waals surface area (Å²) in [6.07, 6.45) is 8.89. The number of anilines is 1. The Labute approximate surface area is 180 Å². The van der Waals surface area contributed by atoms with Gasteiger partial charge in [0.05, 0.1) is 11.7 Å². The topological polar surface area (TPSA) is 57.4 Å². The van der Waals surface area contributed by atoms with Crippen molar-refractivity contribution in [2.75, 3.05) is 31.6 Å². The molecule has 2 aliphatic heterocycles. The predicted octanol–water partition coefficient (Wildman–Crippen LogP) is 3.03. The minimum Gasteiger partial charge on any atom is -0.371 e. The average molecular weight is 406 g/mol. The zero-order valence-electron chi connectivity index (χ0n) is 18.2. The number of likely N-dealkylation sites (N-methyl/N-ethyl adjacent to an activating group) is 1. The minimum atomic E-state index is 0.371. The van der Waals surface area contributed by atoms with E-state index < -0.39 is 0 Å². The summed E-state index contributed by atoms with van der Waals surface area (Å²) in [6.45, 7) is 4.19. The van der Waals surface area contributed by atoms with E-state index in [1.54, 1.807) is 5.56 Å². The molecule has 1 saturated heterocycles. The van der Waals surface area contributed by atoms with Crippen LogP contribution in [0.3, 0.4) is 0 Å². The number of aryl methyl sites for hydroxylation is 1. The molecular formula is C25H35N5. The van der Waals surface area contributed by atoms with Gasteiger partial charge in [-0.1, -0.05) is 18.2 Å². The highest BCUT2D eigenvalue weighted by atomic mass is 15.2. The molecular weight excluding hydrogens is 370 g/mol. The van der Waals surface area contributed by atoms with E-state index >= 15 is 0 Å². The van der Waals surface area contributed by atoms with Crippen LogP contribution in [0.1, 0.15) is 54.1 Å². The van der Waals surface area contributed by atoms with Crippen LogP contribution in [0.25, 0.3) is 0 Å². The molecule has 1 aromatic carbocycles. The summed E-state index contributed by atoms with van der Waals surface area (Å²) in [5.74, 6) is 0. The summed E-state index contributed by atoms with van der Waals surface area (Å²) >= 11 is 0. The summed E-state index contributed by atoms with van der Waals surface area (Å²) in [6, 6.07) is 12.5. The van der Waals surface area contributed by atoms with Gasteiger partial charge in [0.25, 0.3) is 0 Å². The number of hydrogen-bond acceptors (Lipinski definition) is 5. The van der Waals surface area contributed by atoms with Crippen molar-refractivity contribution >= 4 is 5.69 Å². The predicted molar refractivity (Wildman–Crippen MR) is 123 cm³/mol. The zero-order chi connectivity index (χ0) is 20.5. The molecule has 0 spiro atoms. The molecule has 3 heterocycles. The molecule has 5 nitrogen and oxygen atoms in total. The van der Waals surface area contributed by atoms with Gasteiger partial charge in [-0.05, 0) is 74.4 Å². The van der Waals surface area contributed by atoms with Crippen LogP contribution in [0.15, 0.2) is 36.5 Å². The van der Waals surface area contributed by atoms with Gasteiger partial charge >= 0.3 is 0 Å². The number of aromatic nitrogens is 1. The second-order valence-corrected chi connectivity index (χ2v) is 9.42. The minimum absolute atomic E-state index is 0.371. The number of rotatable bonds is 4. The van der Waals surface area contributed by atoms with Crippen LogP contribution in [0.5, 0.6) is 0 Å². The molecule has 30 heavy (non-hydrogen) atoms. The average Bonchev–Trinajstić information content (AvgIpc) is 2.79. The maximum Gasteiger partial charge on any atom is 0.0607 e. The standard InChI is InChI=1S/C25H35N5/c1-29(24-9-2-5-18-7-4-12-27-25(18)24)17-21-15-22-19(16-28-21)6-3-8-23(22)30-13-10-20(26)11-14-30/h3-4,6-8,12,20-21,24,28H,2,5,9-11,13-17,26H2,1H3/t21?,24-/m0/s1. The molecule has 3 aliphatic rings. The zero-order valence-corrected chi connectivity index (χ0v) is 18.2. The Bertz CT molecular complexity index is 874. The molecule has 3 N–H and O–H groups in total. The third-order valence-corrected chi connectivity index (χ3v) is 7.37. The maximum absolute atomic E-state index is 6.15. The van der Waals surface area contributed by atoms with Crippen molar-refractivity contribution in [3.63, 3.8) is 0 Å². The van der Waals surface area contributed by atoms with E-state index in [0.717, 1.165) is 45.4 Å². The number of fused-ring (bicyclic) bond motifs is 2. The SMILES string of the molecule is CN(CC1Cc2c(cccc2N2CCC(N)CC2)CN1)[C@H]1CCCc2cccnc21. The Hall–Kier alpha value is -1.95. The first-order valence-electron chi connectivity index (χ1n) is 11.7. The van der Waals surface area contributed by atoms with Gasteiger partial charge in [0.2, 0.25) is 0 Å². The van der Waals surface area contributed by atoms with Crippen LogP contribution >= 0.6 is 0 Å². The fraction of sp³-hybridized carbons (Fsp3) is 0.560. The van der Waals surface area contributed by atoms with Crippen LogP contribution in [-0.4, -0.2) is 48.6 Å². The highest BCUT2D eigenvalue weighted by Crippen LogP contribution is 2.34. The van der Waals surface area contributed by atoms with Gasteiger partial charge in [0.1, 0.15) is 0 Å². The van der Waals surface area contributed by atoms with Crippen molar-refractivity contribution in [2.24, 2.45) is 5.73 Å². The molecule has 0 saturated carbocycles. The van der Waals surface area contributed by atoms with Crippen LogP contribution < -0.4 is 16.0 Å². The molecule has 1 fully saturated rings. The summed E-state index contributed by atoms with van der Waals surface area (Å²) in [4.78, 5) is 9.86. The number of nitrogens with zero attached hydrogens (tertiary/aromatic N) is 3. The number of nitrogens with two attached hydrogens (primary N) is 1. The lowest BCUT2D eigenvalue weighted by Crippen LogP contribution is -2.46. The lowest BCUT2D eigenvalue weighted by molar-refractivity contribution is 0.191. The number of benzene rings is 1. The van der Waals surface area contributed by atoms with E-state index in [0.29, 0.717) is 18.1 Å². The van der Waals surface area contributed by atoms with Gasteiger partial charge in [0, 0.05) is 50.1 Å². The molecule has 2 aromatic rings. The van der Waals surface area contributed by atoms with Crippen molar-refractivity contribution in [2.45, 2.75) is 63.2 Å². The molecule has 1 aliphatic carbocycles. The maximum atomic E-state index is 6.15. The smallest absolute Gasteiger partial charge is 0.0607 e. The van der Waals surface area contributed by atoms with E-state index in [1.807, 2.05) is 6.20 Å². The molecule has 0 amide bonds. The van der Waals surface area contributed by atoms with E-state index in [1.165, 1.54) is 41.8 Å². The Kier molecular flexibility index (Phi) is 5.77. The van der Waals surface area contributed by atoms with Crippen LogP contribution in [-0.2, 0) is 19.4 Å². The molecule has 5 heteroatoms. The number of piperidine rings is 1. The molecule has 1 aromatic heterocycles. The quantitative estimate of drug-likeness (QED) is 0.819. The first-order chi connectivity index (χ1) is 14.7. The molecule has 5 rings (SSSR count). The Morgan fingerprint density at radius 1 is 1.13 bits per heavy atom. The monoisotopic (exact) mass is 405 g/mol. The summed E-state index contributed by atoms with van der Waals surface area (Å²) in [5.41, 5.74) is 13.3. The normalized spacial score (nSPS) is 24.6. The Balaban J connectivity index is 1.30. The van der Waals surface area contributed by atoms with Crippen molar-refractivity contribution in [3.8, 4) is 0 Å². The van der Waals surface area contributed by atoms with E-state index in [9.17, 15) is 0 Å². The molecule has 0 bridgehead atoms. The third kappa shape index (κ3) is 3.98. The van der Waals surface area contributed by atoms with Crippen molar-refractivity contribution in [1.82, 2.24) is 15.2 Å². The van der Waals surface area contributed by atoms with Gasteiger partial charge in [-0.25, -0.2) is 0 Å². The molecule has 0 radical (unpaired) electrons. The Morgan fingerprint density at radius 3 is 2.83 bits per heavy atom. The second-order valence-electron chi connectivity index (χ2n) is 9.42. The summed E-state index contributed by atoms with van der Waals surface area (Å²) in [7, 11) is 2.28. The van der Waals surface area contributed by atoms with Gasteiger partial charge in [-0.15, -0.1) is 0 Å².